The molecule has 2 atom stereocenters. The second kappa shape index (κ2) is 8.02. The minimum atomic E-state index is -0.255. The van der Waals surface area contributed by atoms with Crippen molar-refractivity contribution in [3.8, 4) is 0 Å². The molecule has 1 aliphatic rings. The lowest BCUT2D eigenvalue weighted by molar-refractivity contribution is -0.125. The first kappa shape index (κ1) is 15.0. The van der Waals surface area contributed by atoms with E-state index in [9.17, 15) is 9.90 Å². The van der Waals surface area contributed by atoms with Crippen LogP contribution in [0.15, 0.2) is 30.3 Å². The second-order valence-electron chi connectivity index (χ2n) is 5.35. The lowest BCUT2D eigenvalue weighted by Gasteiger charge is -2.15. The SMILES string of the molecule is O=C(COCCc1ccccc1)NCC1CCCC1O. The highest BCUT2D eigenvalue weighted by Gasteiger charge is 2.25. The van der Waals surface area contributed by atoms with Gasteiger partial charge in [0, 0.05) is 12.5 Å². The van der Waals surface area contributed by atoms with Crippen LogP contribution in [0.25, 0.3) is 0 Å². The molecule has 4 nitrogen and oxygen atoms in total. The molecule has 2 rings (SSSR count). The Labute approximate surface area is 120 Å². The monoisotopic (exact) mass is 277 g/mol. The van der Waals surface area contributed by atoms with E-state index in [0.717, 1.165) is 25.7 Å². The van der Waals surface area contributed by atoms with Gasteiger partial charge in [-0.25, -0.2) is 0 Å². The number of amides is 1. The molecule has 1 saturated carbocycles. The van der Waals surface area contributed by atoms with Crippen LogP contribution in [0, 0.1) is 5.92 Å². The maximum Gasteiger partial charge on any atom is 0.246 e. The van der Waals surface area contributed by atoms with Crippen molar-refractivity contribution in [1.82, 2.24) is 5.32 Å². The summed E-state index contributed by atoms with van der Waals surface area (Å²) in [5, 5.41) is 12.5. The molecule has 0 spiro atoms. The van der Waals surface area contributed by atoms with Crippen molar-refractivity contribution in [1.29, 1.82) is 0 Å². The molecule has 110 valence electrons. The molecule has 0 heterocycles. The van der Waals surface area contributed by atoms with Crippen molar-refractivity contribution in [2.75, 3.05) is 19.8 Å². The number of benzene rings is 1. The molecule has 1 aromatic carbocycles. The van der Waals surface area contributed by atoms with Crippen LogP contribution in [0.5, 0.6) is 0 Å². The highest BCUT2D eigenvalue weighted by molar-refractivity contribution is 5.77. The Morgan fingerprint density at radius 1 is 1.30 bits per heavy atom. The number of ether oxygens (including phenoxy) is 1. The van der Waals surface area contributed by atoms with E-state index < -0.39 is 0 Å². The fourth-order valence-corrected chi connectivity index (χ4v) is 2.55. The van der Waals surface area contributed by atoms with Crippen molar-refractivity contribution in [2.45, 2.75) is 31.8 Å². The smallest absolute Gasteiger partial charge is 0.246 e. The number of hydrogen-bond donors (Lipinski definition) is 2. The first-order valence-corrected chi connectivity index (χ1v) is 7.32. The van der Waals surface area contributed by atoms with Gasteiger partial charge >= 0.3 is 0 Å². The Hall–Kier alpha value is -1.39. The molecule has 2 N–H and O–H groups in total. The number of aliphatic hydroxyl groups is 1. The van der Waals surface area contributed by atoms with Crippen LogP contribution >= 0.6 is 0 Å². The molecule has 1 amide bonds. The van der Waals surface area contributed by atoms with Gasteiger partial charge in [-0.05, 0) is 24.8 Å². The van der Waals surface area contributed by atoms with Gasteiger partial charge in [-0.15, -0.1) is 0 Å². The molecule has 20 heavy (non-hydrogen) atoms. The maximum absolute atomic E-state index is 11.6. The number of nitrogens with one attached hydrogen (secondary N) is 1. The van der Waals surface area contributed by atoms with Crippen molar-refractivity contribution in [2.24, 2.45) is 5.92 Å². The summed E-state index contributed by atoms with van der Waals surface area (Å²) in [4.78, 5) is 11.6. The first-order valence-electron chi connectivity index (χ1n) is 7.32. The average Bonchev–Trinajstić information content (AvgIpc) is 2.88. The largest absolute Gasteiger partial charge is 0.393 e. The molecule has 1 aromatic rings. The Balaban J connectivity index is 1.54. The molecular formula is C16H23NO3. The van der Waals surface area contributed by atoms with E-state index in [4.69, 9.17) is 4.74 Å². The van der Waals surface area contributed by atoms with Crippen LogP contribution < -0.4 is 5.32 Å². The summed E-state index contributed by atoms with van der Waals surface area (Å²) in [6.45, 7) is 1.20. The lowest BCUT2D eigenvalue weighted by Crippen LogP contribution is -2.34. The summed E-state index contributed by atoms with van der Waals surface area (Å²) >= 11 is 0. The van der Waals surface area contributed by atoms with Gasteiger partial charge in [-0.2, -0.15) is 0 Å². The summed E-state index contributed by atoms with van der Waals surface area (Å²) in [7, 11) is 0. The summed E-state index contributed by atoms with van der Waals surface area (Å²) in [5.41, 5.74) is 1.21. The molecular weight excluding hydrogens is 254 g/mol. The Morgan fingerprint density at radius 3 is 2.80 bits per heavy atom. The van der Waals surface area contributed by atoms with Gasteiger partial charge < -0.3 is 15.2 Å². The van der Waals surface area contributed by atoms with E-state index in [0.29, 0.717) is 13.2 Å². The van der Waals surface area contributed by atoms with Crippen LogP contribution in [-0.2, 0) is 16.0 Å². The van der Waals surface area contributed by atoms with Gasteiger partial charge in [0.25, 0.3) is 0 Å². The predicted molar refractivity (Wildman–Crippen MR) is 77.3 cm³/mol. The average molecular weight is 277 g/mol. The number of carbonyl (C=O) groups is 1. The van der Waals surface area contributed by atoms with Crippen LogP contribution in [0.1, 0.15) is 24.8 Å². The number of carbonyl (C=O) groups excluding carboxylic acids is 1. The van der Waals surface area contributed by atoms with Gasteiger partial charge in [0.1, 0.15) is 6.61 Å². The van der Waals surface area contributed by atoms with Crippen molar-refractivity contribution < 1.29 is 14.6 Å². The zero-order chi connectivity index (χ0) is 14.2. The third kappa shape index (κ3) is 4.94. The molecule has 0 saturated heterocycles. The van der Waals surface area contributed by atoms with Gasteiger partial charge in [-0.1, -0.05) is 36.8 Å². The minimum Gasteiger partial charge on any atom is -0.393 e. The van der Waals surface area contributed by atoms with E-state index in [2.05, 4.69) is 5.32 Å². The second-order valence-corrected chi connectivity index (χ2v) is 5.35. The maximum atomic E-state index is 11.6. The molecule has 2 unspecified atom stereocenters. The van der Waals surface area contributed by atoms with Crippen LogP contribution in [0.4, 0.5) is 0 Å². The van der Waals surface area contributed by atoms with Crippen molar-refractivity contribution in [3.63, 3.8) is 0 Å². The predicted octanol–water partition coefficient (Wildman–Crippen LogP) is 1.52. The van der Waals surface area contributed by atoms with Gasteiger partial charge in [0.15, 0.2) is 0 Å². The highest BCUT2D eigenvalue weighted by Crippen LogP contribution is 2.24. The standard InChI is InChI=1S/C16H23NO3/c18-15-8-4-7-14(15)11-17-16(19)12-20-10-9-13-5-2-1-3-6-13/h1-3,5-6,14-15,18H,4,7-12H2,(H,17,19). The highest BCUT2D eigenvalue weighted by atomic mass is 16.5. The zero-order valence-electron chi connectivity index (χ0n) is 11.8. The van der Waals surface area contributed by atoms with Gasteiger partial charge in [-0.3, -0.25) is 4.79 Å². The van der Waals surface area contributed by atoms with Crippen molar-refractivity contribution in [3.05, 3.63) is 35.9 Å². The quantitative estimate of drug-likeness (QED) is 0.743. The Kier molecular flexibility index (Phi) is 6.02. The lowest BCUT2D eigenvalue weighted by atomic mass is 10.1. The number of aliphatic hydroxyl groups excluding tert-OH is 1. The number of hydrogen-bond acceptors (Lipinski definition) is 3. The van der Waals surface area contributed by atoms with Crippen LogP contribution in [-0.4, -0.2) is 36.9 Å². The van der Waals surface area contributed by atoms with E-state index in [1.54, 1.807) is 0 Å². The molecule has 0 aromatic heterocycles. The van der Waals surface area contributed by atoms with E-state index in [1.807, 2.05) is 30.3 Å². The summed E-state index contributed by atoms with van der Waals surface area (Å²) in [6.07, 6.45) is 3.46. The molecule has 4 heteroatoms. The normalized spacial score (nSPS) is 21.9. The third-order valence-corrected chi connectivity index (χ3v) is 3.79. The summed E-state index contributed by atoms with van der Waals surface area (Å²) in [5.74, 6) is 0.112. The molecule has 0 aliphatic heterocycles. The fraction of sp³-hybridized carbons (Fsp3) is 0.562. The Bertz CT molecular complexity index is 407. The van der Waals surface area contributed by atoms with Crippen LogP contribution in [0.2, 0.25) is 0 Å². The van der Waals surface area contributed by atoms with Crippen molar-refractivity contribution >= 4 is 5.91 Å². The topological polar surface area (TPSA) is 58.6 Å². The summed E-state index contributed by atoms with van der Waals surface area (Å²) in [6, 6.07) is 10.1. The van der Waals surface area contributed by atoms with Gasteiger partial charge in [0.05, 0.1) is 12.7 Å². The zero-order valence-corrected chi connectivity index (χ0v) is 11.8. The first-order chi connectivity index (χ1) is 9.75. The Morgan fingerprint density at radius 2 is 2.10 bits per heavy atom. The molecule has 0 radical (unpaired) electrons. The van der Waals surface area contributed by atoms with E-state index >= 15 is 0 Å². The van der Waals surface area contributed by atoms with E-state index in [-0.39, 0.29) is 24.5 Å². The van der Waals surface area contributed by atoms with Gasteiger partial charge in [0.2, 0.25) is 5.91 Å². The molecule has 1 fully saturated rings. The number of rotatable bonds is 7. The summed E-state index contributed by atoms with van der Waals surface area (Å²) < 4.78 is 5.37. The fourth-order valence-electron chi connectivity index (χ4n) is 2.55. The molecule has 1 aliphatic carbocycles. The minimum absolute atomic E-state index is 0.0929. The van der Waals surface area contributed by atoms with Crippen LogP contribution in [0.3, 0.4) is 0 Å². The third-order valence-electron chi connectivity index (χ3n) is 3.79. The van der Waals surface area contributed by atoms with E-state index in [1.165, 1.54) is 5.56 Å². The molecule has 0 bridgehead atoms.